The van der Waals surface area contributed by atoms with Crippen LogP contribution >= 0.6 is 0 Å². The van der Waals surface area contributed by atoms with Gasteiger partial charge in [0.2, 0.25) is 0 Å². The van der Waals surface area contributed by atoms with E-state index in [4.69, 9.17) is 5.26 Å². The fourth-order valence-corrected chi connectivity index (χ4v) is 1.92. The van der Waals surface area contributed by atoms with Crippen molar-refractivity contribution in [3.05, 3.63) is 12.2 Å². The van der Waals surface area contributed by atoms with Gasteiger partial charge in [-0.25, -0.2) is 0 Å². The zero-order chi connectivity index (χ0) is 9.90. The Morgan fingerprint density at radius 1 is 1.62 bits per heavy atom. The van der Waals surface area contributed by atoms with E-state index in [0.29, 0.717) is 6.42 Å². The highest BCUT2D eigenvalue weighted by Crippen LogP contribution is 2.37. The van der Waals surface area contributed by atoms with Crippen LogP contribution in [0.15, 0.2) is 12.2 Å². The Balaban J connectivity index is 2.61. The Kier molecular flexibility index (Phi) is 3.14. The summed E-state index contributed by atoms with van der Waals surface area (Å²) >= 11 is 0. The molecule has 0 unspecified atom stereocenters. The molecule has 0 fully saturated rings. The summed E-state index contributed by atoms with van der Waals surface area (Å²) in [6.07, 6.45) is 7.64. The minimum Gasteiger partial charge on any atom is -0.198 e. The van der Waals surface area contributed by atoms with E-state index in [1.165, 1.54) is 12.8 Å². The quantitative estimate of drug-likeness (QED) is 0.592. The molecule has 0 aromatic carbocycles. The molecule has 1 nitrogen and oxygen atoms in total. The maximum atomic E-state index is 8.67. The highest BCUT2D eigenvalue weighted by Gasteiger charge is 2.26. The molecule has 13 heavy (non-hydrogen) atoms. The zero-order valence-corrected chi connectivity index (χ0v) is 8.88. The van der Waals surface area contributed by atoms with Crippen LogP contribution in [-0.4, -0.2) is 0 Å². The van der Waals surface area contributed by atoms with Crippen LogP contribution in [0.5, 0.6) is 0 Å². The van der Waals surface area contributed by atoms with Gasteiger partial charge in [-0.3, -0.25) is 0 Å². The summed E-state index contributed by atoms with van der Waals surface area (Å²) in [7, 11) is 0. The first kappa shape index (κ1) is 10.3. The van der Waals surface area contributed by atoms with Gasteiger partial charge in [0.15, 0.2) is 0 Å². The van der Waals surface area contributed by atoms with Crippen LogP contribution in [0.3, 0.4) is 0 Å². The van der Waals surface area contributed by atoms with Gasteiger partial charge in [-0.1, -0.05) is 32.9 Å². The summed E-state index contributed by atoms with van der Waals surface area (Å²) in [4.78, 5) is 0. The summed E-state index contributed by atoms with van der Waals surface area (Å²) in [5.74, 6) is 1.47. The molecule has 0 spiro atoms. The first-order valence-corrected chi connectivity index (χ1v) is 5.14. The summed E-state index contributed by atoms with van der Waals surface area (Å²) in [6, 6.07) is 2.27. The zero-order valence-electron chi connectivity index (χ0n) is 8.88. The Morgan fingerprint density at radius 2 is 2.31 bits per heavy atom. The molecule has 1 aliphatic rings. The Bertz CT molecular complexity index is 234. The van der Waals surface area contributed by atoms with Crippen molar-refractivity contribution in [2.45, 2.75) is 40.0 Å². The number of hydrogen-bond donors (Lipinski definition) is 0. The molecule has 0 saturated carbocycles. The van der Waals surface area contributed by atoms with E-state index in [0.717, 1.165) is 11.8 Å². The van der Waals surface area contributed by atoms with Gasteiger partial charge in [0.1, 0.15) is 0 Å². The molecule has 0 bridgehead atoms. The van der Waals surface area contributed by atoms with Gasteiger partial charge >= 0.3 is 0 Å². The van der Waals surface area contributed by atoms with Crippen molar-refractivity contribution in [1.82, 2.24) is 0 Å². The lowest BCUT2D eigenvalue weighted by Gasteiger charge is -2.31. The van der Waals surface area contributed by atoms with Crippen molar-refractivity contribution < 1.29 is 0 Å². The molecule has 72 valence electrons. The third-order valence-electron chi connectivity index (χ3n) is 3.13. The number of nitriles is 1. The van der Waals surface area contributed by atoms with Crippen molar-refractivity contribution >= 4 is 0 Å². The van der Waals surface area contributed by atoms with E-state index in [1.807, 2.05) is 0 Å². The fraction of sp³-hybridized carbons (Fsp3) is 0.750. The second-order valence-corrected chi connectivity index (χ2v) is 4.79. The molecular weight excluding hydrogens is 158 g/mol. The maximum Gasteiger partial charge on any atom is 0.0630 e. The molecule has 2 atom stereocenters. The molecule has 0 saturated heterocycles. The molecule has 0 aromatic rings. The van der Waals surface area contributed by atoms with Gasteiger partial charge in [0.05, 0.1) is 6.07 Å². The third kappa shape index (κ3) is 2.59. The molecule has 0 aliphatic heterocycles. The van der Waals surface area contributed by atoms with Crippen molar-refractivity contribution in [2.24, 2.45) is 17.3 Å². The average Bonchev–Trinajstić information content (AvgIpc) is 2.05. The second kappa shape index (κ2) is 3.96. The van der Waals surface area contributed by atoms with Crippen LogP contribution in [0.4, 0.5) is 0 Å². The minimum absolute atomic E-state index is 0.153. The standard InChI is InChI=1S/C12H19N/c1-10(2)11-4-6-12(3,7-5-11)8-9-13/h4,6,10-11H,5,7-8H2,1-3H3/t11-,12-/m1/s1. The summed E-state index contributed by atoms with van der Waals surface area (Å²) in [6.45, 7) is 6.72. The molecule has 0 N–H and O–H groups in total. The minimum atomic E-state index is 0.153. The van der Waals surface area contributed by atoms with E-state index in [-0.39, 0.29) is 5.41 Å². The fourth-order valence-electron chi connectivity index (χ4n) is 1.92. The van der Waals surface area contributed by atoms with Gasteiger partial charge in [-0.2, -0.15) is 5.26 Å². The van der Waals surface area contributed by atoms with E-state index in [1.54, 1.807) is 0 Å². The smallest absolute Gasteiger partial charge is 0.0630 e. The van der Waals surface area contributed by atoms with E-state index < -0.39 is 0 Å². The molecule has 0 amide bonds. The number of nitrogens with zero attached hydrogens (tertiary/aromatic N) is 1. The monoisotopic (exact) mass is 177 g/mol. The average molecular weight is 177 g/mol. The van der Waals surface area contributed by atoms with Crippen LogP contribution < -0.4 is 0 Å². The molecule has 1 aliphatic carbocycles. The summed E-state index contributed by atoms with van der Waals surface area (Å²) in [5, 5.41) is 8.67. The van der Waals surface area contributed by atoms with Gasteiger partial charge in [-0.15, -0.1) is 0 Å². The topological polar surface area (TPSA) is 23.8 Å². The van der Waals surface area contributed by atoms with Crippen molar-refractivity contribution in [3.8, 4) is 6.07 Å². The van der Waals surface area contributed by atoms with Gasteiger partial charge in [0.25, 0.3) is 0 Å². The van der Waals surface area contributed by atoms with Gasteiger partial charge in [-0.05, 0) is 30.1 Å². The predicted molar refractivity (Wildman–Crippen MR) is 55.0 cm³/mol. The number of hydrogen-bond acceptors (Lipinski definition) is 1. The van der Waals surface area contributed by atoms with Crippen molar-refractivity contribution in [2.75, 3.05) is 0 Å². The maximum absolute atomic E-state index is 8.67. The highest BCUT2D eigenvalue weighted by atomic mass is 14.3. The van der Waals surface area contributed by atoms with Crippen molar-refractivity contribution in [3.63, 3.8) is 0 Å². The van der Waals surface area contributed by atoms with Crippen LogP contribution in [0.2, 0.25) is 0 Å². The molecule has 1 heteroatoms. The van der Waals surface area contributed by atoms with E-state index in [2.05, 4.69) is 39.0 Å². The number of rotatable bonds is 2. The predicted octanol–water partition coefficient (Wildman–Crippen LogP) is 3.53. The first-order valence-electron chi connectivity index (χ1n) is 5.14. The second-order valence-electron chi connectivity index (χ2n) is 4.79. The molecule has 1 rings (SSSR count). The van der Waals surface area contributed by atoms with Gasteiger partial charge < -0.3 is 0 Å². The Morgan fingerprint density at radius 3 is 2.69 bits per heavy atom. The first-order chi connectivity index (χ1) is 6.07. The lowest BCUT2D eigenvalue weighted by molar-refractivity contribution is 0.300. The molecule has 0 aromatic heterocycles. The van der Waals surface area contributed by atoms with Crippen molar-refractivity contribution in [1.29, 1.82) is 5.26 Å². The normalized spacial score (nSPS) is 33.3. The van der Waals surface area contributed by atoms with Crippen LogP contribution in [0.25, 0.3) is 0 Å². The van der Waals surface area contributed by atoms with Gasteiger partial charge in [0, 0.05) is 6.42 Å². The van der Waals surface area contributed by atoms with Crippen LogP contribution in [0, 0.1) is 28.6 Å². The van der Waals surface area contributed by atoms with E-state index >= 15 is 0 Å². The summed E-state index contributed by atoms with van der Waals surface area (Å²) in [5.41, 5.74) is 0.153. The Hall–Kier alpha value is -0.770. The lowest BCUT2D eigenvalue weighted by Crippen LogP contribution is -2.21. The summed E-state index contributed by atoms with van der Waals surface area (Å²) < 4.78 is 0. The Labute approximate surface area is 81.5 Å². The SMILES string of the molecule is CC(C)[C@@H]1C=C[C@@](C)(CC#N)CC1. The largest absolute Gasteiger partial charge is 0.198 e. The lowest BCUT2D eigenvalue weighted by atomic mass is 9.73. The molecule has 0 heterocycles. The molecular formula is C12H19N. The highest BCUT2D eigenvalue weighted by molar-refractivity contribution is 5.07. The molecule has 0 radical (unpaired) electrons. The third-order valence-corrected chi connectivity index (χ3v) is 3.13. The van der Waals surface area contributed by atoms with Crippen LogP contribution in [0.1, 0.15) is 40.0 Å². The number of allylic oxidation sites excluding steroid dienone is 2. The van der Waals surface area contributed by atoms with E-state index in [9.17, 15) is 0 Å². The van der Waals surface area contributed by atoms with Crippen LogP contribution in [-0.2, 0) is 0 Å².